The van der Waals surface area contributed by atoms with Gasteiger partial charge in [0.15, 0.2) is 0 Å². The second-order valence-corrected chi connectivity index (χ2v) is 9.83. The molecule has 0 spiro atoms. The molecule has 2 aromatic rings. The number of benzene rings is 2. The Labute approximate surface area is 206 Å². The van der Waals surface area contributed by atoms with E-state index in [1.807, 2.05) is 30.3 Å². The number of nitrogens with zero attached hydrogens (tertiary/aromatic N) is 1. The van der Waals surface area contributed by atoms with E-state index in [-0.39, 0.29) is 12.3 Å². The molecule has 0 radical (unpaired) electrons. The van der Waals surface area contributed by atoms with Crippen molar-refractivity contribution in [2.24, 2.45) is 5.92 Å². The first kappa shape index (κ1) is 24.4. The molecule has 1 heterocycles. The van der Waals surface area contributed by atoms with E-state index in [1.165, 1.54) is 31.9 Å². The molecular weight excluding hydrogens is 452 g/mol. The van der Waals surface area contributed by atoms with Crippen molar-refractivity contribution >= 4 is 29.2 Å². The third kappa shape index (κ3) is 5.84. The second-order valence-electron chi connectivity index (χ2n) is 9.40. The van der Waals surface area contributed by atoms with Gasteiger partial charge in [0.1, 0.15) is 12.4 Å². The summed E-state index contributed by atoms with van der Waals surface area (Å²) in [5.74, 6) is -0.801. The average Bonchev–Trinajstić information content (AvgIpc) is 2.82. The minimum Gasteiger partial charge on any atom is -0.487 e. The molecular formula is C27H33ClN2O4. The smallest absolute Gasteiger partial charge is 0.311 e. The van der Waals surface area contributed by atoms with E-state index in [1.54, 1.807) is 6.07 Å². The summed E-state index contributed by atoms with van der Waals surface area (Å²) in [4.78, 5) is 26.4. The monoisotopic (exact) mass is 484 g/mol. The summed E-state index contributed by atoms with van der Waals surface area (Å²) in [5, 5.41) is 13.1. The fourth-order valence-corrected chi connectivity index (χ4v) is 4.99. The van der Waals surface area contributed by atoms with Crippen LogP contribution in [0.4, 0.5) is 5.69 Å². The van der Waals surface area contributed by atoms with E-state index >= 15 is 0 Å². The zero-order valence-corrected chi connectivity index (χ0v) is 20.4. The van der Waals surface area contributed by atoms with Gasteiger partial charge in [-0.3, -0.25) is 9.59 Å². The molecule has 1 aliphatic heterocycles. The van der Waals surface area contributed by atoms with E-state index in [0.29, 0.717) is 18.1 Å². The number of amides is 1. The van der Waals surface area contributed by atoms with Gasteiger partial charge >= 0.3 is 5.97 Å². The van der Waals surface area contributed by atoms with Crippen LogP contribution in [0.5, 0.6) is 5.75 Å². The Hall–Kier alpha value is -2.73. The van der Waals surface area contributed by atoms with Crippen LogP contribution in [0.25, 0.3) is 0 Å². The van der Waals surface area contributed by atoms with Crippen molar-refractivity contribution in [1.29, 1.82) is 0 Å². The van der Waals surface area contributed by atoms with Gasteiger partial charge in [0, 0.05) is 31.6 Å². The maximum absolute atomic E-state index is 12.0. The number of aryl methyl sites for hydroxylation is 1. The number of carbonyl (C=O) groups is 2. The lowest BCUT2D eigenvalue weighted by Crippen LogP contribution is -2.34. The van der Waals surface area contributed by atoms with Crippen molar-refractivity contribution in [2.75, 3.05) is 25.0 Å². The molecule has 0 saturated heterocycles. The van der Waals surface area contributed by atoms with Crippen LogP contribution in [0, 0.1) is 5.92 Å². The van der Waals surface area contributed by atoms with Gasteiger partial charge in [-0.25, -0.2) is 0 Å². The summed E-state index contributed by atoms with van der Waals surface area (Å²) in [6.45, 7) is 2.24. The van der Waals surface area contributed by atoms with Crippen LogP contribution in [0.3, 0.4) is 0 Å². The van der Waals surface area contributed by atoms with Crippen LogP contribution in [0.15, 0.2) is 36.4 Å². The van der Waals surface area contributed by atoms with E-state index in [2.05, 4.69) is 10.2 Å². The van der Waals surface area contributed by atoms with Gasteiger partial charge in [-0.15, -0.1) is 0 Å². The number of ether oxygens (including phenoxy) is 1. The van der Waals surface area contributed by atoms with Crippen LogP contribution < -0.4 is 15.0 Å². The molecule has 4 rings (SSSR count). The lowest BCUT2D eigenvalue weighted by molar-refractivity contribution is -0.140. The van der Waals surface area contributed by atoms with E-state index in [9.17, 15) is 14.7 Å². The number of carboxylic acid groups (broad SMARTS) is 1. The van der Waals surface area contributed by atoms with Crippen LogP contribution in [0.2, 0.25) is 5.02 Å². The van der Waals surface area contributed by atoms with E-state index in [0.717, 1.165) is 54.4 Å². The Kier molecular flexibility index (Phi) is 7.99. The standard InChI is InChI=1S/C27H33ClN2O4/c1-29-26(31)15-23(27(32)33)20-9-11-25-24(14-20)30(16-18-5-4-6-18)12-3-2-7-19-13-22(28)10-8-21(19)17-34-25/h8-11,13-14,18,23H,2-7,12,15-17H2,1H3,(H,29,31)(H,32,33)/t23-/m1/s1. The van der Waals surface area contributed by atoms with Crippen molar-refractivity contribution < 1.29 is 19.4 Å². The molecule has 1 atom stereocenters. The SMILES string of the molecule is CNC(=O)C[C@@H](C(=O)O)c1ccc2c(c1)N(CC1CCC1)CCCCc1cc(Cl)ccc1CO2. The quantitative estimate of drug-likeness (QED) is 0.591. The van der Waals surface area contributed by atoms with Gasteiger partial charge in [-0.05, 0) is 79.0 Å². The number of halogens is 1. The number of nitrogens with one attached hydrogen (secondary N) is 1. The van der Waals surface area contributed by atoms with Crippen molar-refractivity contribution in [1.82, 2.24) is 5.32 Å². The highest BCUT2D eigenvalue weighted by Gasteiger charge is 2.27. The maximum atomic E-state index is 12.0. The molecule has 1 fully saturated rings. The summed E-state index contributed by atoms with van der Waals surface area (Å²) < 4.78 is 6.34. The third-order valence-electron chi connectivity index (χ3n) is 7.07. The molecule has 2 N–H and O–H groups in total. The minimum atomic E-state index is -1.00. The predicted molar refractivity (Wildman–Crippen MR) is 134 cm³/mol. The van der Waals surface area contributed by atoms with Gasteiger partial charge in [-0.2, -0.15) is 0 Å². The highest BCUT2D eigenvalue weighted by atomic mass is 35.5. The van der Waals surface area contributed by atoms with Crippen LogP contribution in [-0.4, -0.2) is 37.1 Å². The van der Waals surface area contributed by atoms with Crippen molar-refractivity contribution in [2.45, 2.75) is 57.5 Å². The van der Waals surface area contributed by atoms with Gasteiger partial charge < -0.3 is 20.1 Å². The Balaban J connectivity index is 1.70. The Bertz CT molecular complexity index is 1040. The van der Waals surface area contributed by atoms with Gasteiger partial charge in [0.05, 0.1) is 11.6 Å². The summed E-state index contributed by atoms with van der Waals surface area (Å²) in [5.41, 5.74) is 3.88. The largest absolute Gasteiger partial charge is 0.487 e. The number of aliphatic carboxylic acids is 1. The van der Waals surface area contributed by atoms with Crippen LogP contribution in [-0.2, 0) is 22.6 Å². The summed E-state index contributed by atoms with van der Waals surface area (Å²) in [6, 6.07) is 11.5. The highest BCUT2D eigenvalue weighted by molar-refractivity contribution is 6.30. The zero-order chi connectivity index (χ0) is 24.1. The summed E-state index contributed by atoms with van der Waals surface area (Å²) >= 11 is 6.25. The number of carboxylic acids is 1. The summed E-state index contributed by atoms with van der Waals surface area (Å²) in [7, 11) is 1.52. The van der Waals surface area contributed by atoms with Crippen molar-refractivity contribution in [3.63, 3.8) is 0 Å². The normalized spacial score (nSPS) is 17.3. The Morgan fingerprint density at radius 3 is 2.68 bits per heavy atom. The topological polar surface area (TPSA) is 78.9 Å². The first-order valence-electron chi connectivity index (χ1n) is 12.2. The number of fused-ring (bicyclic) bond motifs is 2. The van der Waals surface area contributed by atoms with Crippen LogP contribution in [0.1, 0.15) is 61.1 Å². The Morgan fingerprint density at radius 1 is 1.15 bits per heavy atom. The lowest BCUT2D eigenvalue weighted by atomic mass is 9.85. The van der Waals surface area contributed by atoms with Gasteiger partial charge in [0.2, 0.25) is 5.91 Å². The first-order chi connectivity index (χ1) is 16.4. The van der Waals surface area contributed by atoms with Crippen molar-refractivity contribution in [3.8, 4) is 5.75 Å². The Morgan fingerprint density at radius 2 is 1.97 bits per heavy atom. The minimum absolute atomic E-state index is 0.0950. The maximum Gasteiger partial charge on any atom is 0.311 e. The number of anilines is 1. The number of rotatable bonds is 6. The highest BCUT2D eigenvalue weighted by Crippen LogP contribution is 2.37. The zero-order valence-electron chi connectivity index (χ0n) is 19.7. The van der Waals surface area contributed by atoms with Crippen LogP contribution >= 0.6 is 11.6 Å². The van der Waals surface area contributed by atoms with E-state index < -0.39 is 11.9 Å². The van der Waals surface area contributed by atoms with E-state index in [4.69, 9.17) is 16.3 Å². The molecule has 1 amide bonds. The second kappa shape index (κ2) is 11.1. The molecule has 2 aliphatic rings. The molecule has 1 saturated carbocycles. The molecule has 7 heteroatoms. The third-order valence-corrected chi connectivity index (χ3v) is 7.31. The van der Waals surface area contributed by atoms with Gasteiger partial charge in [-0.1, -0.05) is 30.2 Å². The number of hydrogen-bond acceptors (Lipinski definition) is 4. The number of hydrogen-bond donors (Lipinski definition) is 2. The molecule has 0 aromatic heterocycles. The molecule has 2 aromatic carbocycles. The predicted octanol–water partition coefficient (Wildman–Crippen LogP) is 5.17. The molecule has 34 heavy (non-hydrogen) atoms. The first-order valence-corrected chi connectivity index (χ1v) is 12.5. The van der Waals surface area contributed by atoms with Gasteiger partial charge in [0.25, 0.3) is 0 Å². The number of carbonyl (C=O) groups excluding carboxylic acids is 1. The molecule has 0 bridgehead atoms. The lowest BCUT2D eigenvalue weighted by Gasteiger charge is -2.35. The molecule has 6 nitrogen and oxygen atoms in total. The molecule has 182 valence electrons. The average molecular weight is 485 g/mol. The van der Waals surface area contributed by atoms with Crippen molar-refractivity contribution in [3.05, 3.63) is 58.1 Å². The fraction of sp³-hybridized carbons (Fsp3) is 0.481. The molecule has 0 unspecified atom stereocenters. The summed E-state index contributed by atoms with van der Waals surface area (Å²) in [6.07, 6.45) is 6.63. The molecule has 1 aliphatic carbocycles. The fourth-order valence-electron chi connectivity index (χ4n) is 4.79.